The van der Waals surface area contributed by atoms with Crippen LogP contribution in [0.5, 0.6) is 0 Å². The van der Waals surface area contributed by atoms with E-state index in [-0.39, 0.29) is 0 Å². The first kappa shape index (κ1) is 10.3. The molecule has 4 heteroatoms. The van der Waals surface area contributed by atoms with Crippen LogP contribution in [-0.2, 0) is 4.84 Å². The van der Waals surface area contributed by atoms with Gasteiger partial charge in [0.05, 0.1) is 0 Å². The monoisotopic (exact) mass is 224 g/mol. The number of rotatable bonds is 2. The van der Waals surface area contributed by atoms with Gasteiger partial charge in [-0.15, -0.1) is 0 Å². The third kappa shape index (κ3) is 2.23. The quantitative estimate of drug-likeness (QED) is 0.438. The molecule has 1 aliphatic rings. The molecule has 0 amide bonds. The zero-order valence-corrected chi connectivity index (χ0v) is 9.37. The fourth-order valence-corrected chi connectivity index (χ4v) is 1.63. The number of hydrogen-bond acceptors (Lipinski definition) is 2. The molecule has 1 aliphatic heterocycles. The lowest BCUT2D eigenvalue weighted by Gasteiger charge is -2.33. The van der Waals surface area contributed by atoms with Crippen molar-refractivity contribution in [1.82, 2.24) is 4.90 Å². The Morgan fingerprint density at radius 1 is 1.33 bits per heavy atom. The molecule has 0 radical (unpaired) electrons. The fraction of sp³-hybridized carbons (Fsp3) is 0.364. The molecule has 1 saturated heterocycles. The highest BCUT2D eigenvalue weighted by Gasteiger charge is 2.20. The van der Waals surface area contributed by atoms with E-state index in [4.69, 9.17) is 16.4 Å². The van der Waals surface area contributed by atoms with Gasteiger partial charge in [-0.1, -0.05) is 16.8 Å². The summed E-state index contributed by atoms with van der Waals surface area (Å²) in [6, 6.07) is 7.64. The van der Waals surface area contributed by atoms with Gasteiger partial charge in [0, 0.05) is 23.7 Å². The Hall–Kier alpha value is -1.22. The third-order valence-corrected chi connectivity index (χ3v) is 2.69. The van der Waals surface area contributed by atoms with Crippen molar-refractivity contribution in [1.29, 1.82) is 0 Å². The fourth-order valence-electron chi connectivity index (χ4n) is 1.51. The molecule has 0 aliphatic carbocycles. The highest BCUT2D eigenvalue weighted by molar-refractivity contribution is 6.30. The lowest BCUT2D eigenvalue weighted by atomic mass is 10.1. The smallest absolute Gasteiger partial charge is 0.175 e. The molecule has 1 aromatic rings. The van der Waals surface area contributed by atoms with Crippen LogP contribution in [0.2, 0.25) is 5.02 Å². The first-order chi connectivity index (χ1) is 7.31. The van der Waals surface area contributed by atoms with E-state index in [1.54, 1.807) is 7.11 Å². The summed E-state index contributed by atoms with van der Waals surface area (Å²) >= 11 is 5.84. The van der Waals surface area contributed by atoms with Gasteiger partial charge in [-0.2, -0.15) is 0 Å². The average Bonchev–Trinajstić information content (AvgIpc) is 2.16. The number of likely N-dealkylation sites (tertiary alicyclic amines) is 1. The van der Waals surface area contributed by atoms with E-state index in [0.29, 0.717) is 0 Å². The van der Waals surface area contributed by atoms with E-state index >= 15 is 0 Å². The topological polar surface area (TPSA) is 24.8 Å². The minimum Gasteiger partial charge on any atom is -0.397 e. The van der Waals surface area contributed by atoms with Crippen LogP contribution in [0, 0.1) is 0 Å². The average molecular weight is 225 g/mol. The van der Waals surface area contributed by atoms with Crippen LogP contribution in [0.15, 0.2) is 29.4 Å². The number of halogens is 1. The molecule has 1 heterocycles. The standard InChI is InChI=1S/C11H13ClN2O/c1-15-13-11(14-7-2-8-14)9-3-5-10(12)6-4-9/h3-6H,2,7-8H2,1H3/b13-11-. The summed E-state index contributed by atoms with van der Waals surface area (Å²) in [5.41, 5.74) is 1.04. The molecule has 0 bridgehead atoms. The molecule has 0 N–H and O–H groups in total. The SMILES string of the molecule is CO/N=C(/c1ccc(Cl)cc1)N1CCC1. The molecule has 0 unspecified atom stereocenters. The lowest BCUT2D eigenvalue weighted by Crippen LogP contribution is -2.42. The van der Waals surface area contributed by atoms with Gasteiger partial charge in [0.25, 0.3) is 0 Å². The van der Waals surface area contributed by atoms with Crippen molar-refractivity contribution in [3.05, 3.63) is 34.9 Å². The molecule has 80 valence electrons. The van der Waals surface area contributed by atoms with Crippen molar-refractivity contribution in [2.45, 2.75) is 6.42 Å². The molecular weight excluding hydrogens is 212 g/mol. The highest BCUT2D eigenvalue weighted by atomic mass is 35.5. The van der Waals surface area contributed by atoms with Crippen LogP contribution in [0.1, 0.15) is 12.0 Å². The molecule has 0 saturated carbocycles. The largest absolute Gasteiger partial charge is 0.397 e. The van der Waals surface area contributed by atoms with Gasteiger partial charge >= 0.3 is 0 Å². The number of amidine groups is 1. The van der Waals surface area contributed by atoms with Crippen molar-refractivity contribution in [3.63, 3.8) is 0 Å². The summed E-state index contributed by atoms with van der Waals surface area (Å²) in [6.07, 6.45) is 1.22. The highest BCUT2D eigenvalue weighted by Crippen LogP contribution is 2.16. The second-order valence-electron chi connectivity index (χ2n) is 3.44. The number of benzene rings is 1. The summed E-state index contributed by atoms with van der Waals surface area (Å²) in [7, 11) is 1.57. The van der Waals surface area contributed by atoms with Crippen molar-refractivity contribution in [3.8, 4) is 0 Å². The Labute approximate surface area is 94.3 Å². The second kappa shape index (κ2) is 4.53. The maximum absolute atomic E-state index is 5.84. The Morgan fingerprint density at radius 3 is 2.47 bits per heavy atom. The van der Waals surface area contributed by atoms with Crippen molar-refractivity contribution in [2.24, 2.45) is 5.16 Å². The molecule has 0 spiro atoms. The van der Waals surface area contributed by atoms with Crippen molar-refractivity contribution < 1.29 is 4.84 Å². The number of oxime groups is 1. The van der Waals surface area contributed by atoms with Crippen LogP contribution in [0.3, 0.4) is 0 Å². The van der Waals surface area contributed by atoms with Gasteiger partial charge < -0.3 is 9.74 Å². The molecule has 0 aromatic heterocycles. The van der Waals surface area contributed by atoms with Gasteiger partial charge in [0.15, 0.2) is 5.84 Å². The van der Waals surface area contributed by atoms with Crippen LogP contribution in [0.4, 0.5) is 0 Å². The van der Waals surface area contributed by atoms with Gasteiger partial charge in [-0.25, -0.2) is 0 Å². The summed E-state index contributed by atoms with van der Waals surface area (Å²) in [6.45, 7) is 2.09. The zero-order valence-electron chi connectivity index (χ0n) is 8.61. The maximum Gasteiger partial charge on any atom is 0.175 e. The number of nitrogens with zero attached hydrogens (tertiary/aromatic N) is 2. The first-order valence-electron chi connectivity index (χ1n) is 4.93. The summed E-state index contributed by atoms with van der Waals surface area (Å²) < 4.78 is 0. The third-order valence-electron chi connectivity index (χ3n) is 2.44. The summed E-state index contributed by atoms with van der Waals surface area (Å²) in [4.78, 5) is 7.05. The van der Waals surface area contributed by atoms with Crippen LogP contribution < -0.4 is 0 Å². The minimum absolute atomic E-state index is 0.735. The minimum atomic E-state index is 0.735. The van der Waals surface area contributed by atoms with E-state index in [9.17, 15) is 0 Å². The summed E-state index contributed by atoms with van der Waals surface area (Å²) in [5.74, 6) is 0.889. The van der Waals surface area contributed by atoms with Gasteiger partial charge in [0.2, 0.25) is 0 Å². The Kier molecular flexibility index (Phi) is 3.11. The Balaban J connectivity index is 2.24. The van der Waals surface area contributed by atoms with E-state index in [1.807, 2.05) is 24.3 Å². The molecule has 15 heavy (non-hydrogen) atoms. The zero-order chi connectivity index (χ0) is 10.7. The predicted molar refractivity (Wildman–Crippen MR) is 61.2 cm³/mol. The summed E-state index contributed by atoms with van der Waals surface area (Å²) in [5, 5.41) is 4.78. The number of hydrogen-bond donors (Lipinski definition) is 0. The van der Waals surface area contributed by atoms with Gasteiger partial charge in [-0.05, 0) is 30.7 Å². The van der Waals surface area contributed by atoms with E-state index in [2.05, 4.69) is 10.1 Å². The van der Waals surface area contributed by atoms with E-state index in [1.165, 1.54) is 6.42 Å². The Morgan fingerprint density at radius 2 is 2.00 bits per heavy atom. The molecule has 3 nitrogen and oxygen atoms in total. The van der Waals surface area contributed by atoms with Crippen LogP contribution in [-0.4, -0.2) is 30.9 Å². The van der Waals surface area contributed by atoms with Crippen LogP contribution in [0.25, 0.3) is 0 Å². The maximum atomic E-state index is 5.84. The Bertz CT molecular complexity index is 357. The molecule has 1 aromatic carbocycles. The van der Waals surface area contributed by atoms with E-state index < -0.39 is 0 Å². The van der Waals surface area contributed by atoms with Crippen molar-refractivity contribution in [2.75, 3.05) is 20.2 Å². The second-order valence-corrected chi connectivity index (χ2v) is 3.88. The normalized spacial score (nSPS) is 16.1. The molecule has 2 rings (SSSR count). The lowest BCUT2D eigenvalue weighted by molar-refractivity contribution is 0.197. The predicted octanol–water partition coefficient (Wildman–Crippen LogP) is 2.35. The molecule has 1 fully saturated rings. The first-order valence-corrected chi connectivity index (χ1v) is 5.31. The molecular formula is C11H13ClN2O. The van der Waals surface area contributed by atoms with Crippen LogP contribution >= 0.6 is 11.6 Å². The van der Waals surface area contributed by atoms with Crippen molar-refractivity contribution >= 4 is 17.4 Å². The molecule has 0 atom stereocenters. The van der Waals surface area contributed by atoms with Gasteiger partial charge in [-0.3, -0.25) is 0 Å². The van der Waals surface area contributed by atoms with E-state index in [0.717, 1.165) is 29.5 Å². The van der Waals surface area contributed by atoms with Gasteiger partial charge in [0.1, 0.15) is 7.11 Å².